The predicted octanol–water partition coefficient (Wildman–Crippen LogP) is 2.49. The van der Waals surface area contributed by atoms with Crippen molar-refractivity contribution in [3.63, 3.8) is 0 Å². The van der Waals surface area contributed by atoms with Crippen LogP contribution in [0.5, 0.6) is 0 Å². The minimum atomic E-state index is -3.56. The Morgan fingerprint density at radius 2 is 2.10 bits per heavy atom. The van der Waals surface area contributed by atoms with Gasteiger partial charge in [-0.1, -0.05) is 25.4 Å². The minimum absolute atomic E-state index is 0.0982. The summed E-state index contributed by atoms with van der Waals surface area (Å²) in [6.07, 6.45) is 3.46. The third-order valence-corrected chi connectivity index (χ3v) is 5.75. The number of hydrogen-bond acceptors (Lipinski definition) is 4. The van der Waals surface area contributed by atoms with Crippen LogP contribution >= 0.6 is 11.6 Å². The molecule has 20 heavy (non-hydrogen) atoms. The highest BCUT2D eigenvalue weighted by Crippen LogP contribution is 2.51. The Balaban J connectivity index is 2.13. The number of rotatable bonds is 6. The third-order valence-electron chi connectivity index (χ3n) is 4.09. The Bertz CT molecular complexity index is 598. The molecule has 0 atom stereocenters. The Morgan fingerprint density at radius 1 is 1.45 bits per heavy atom. The monoisotopic (exact) mass is 317 g/mol. The second-order valence-corrected chi connectivity index (χ2v) is 7.77. The van der Waals surface area contributed by atoms with Crippen molar-refractivity contribution in [2.75, 3.05) is 18.9 Å². The number of anilines is 1. The van der Waals surface area contributed by atoms with Crippen LogP contribution in [0.15, 0.2) is 17.2 Å². The molecule has 112 valence electrons. The first kappa shape index (κ1) is 15.5. The van der Waals surface area contributed by atoms with Crippen LogP contribution in [0.1, 0.15) is 26.7 Å². The topological polar surface area (TPSA) is 71.1 Å². The summed E-state index contributed by atoms with van der Waals surface area (Å²) >= 11 is 5.97. The van der Waals surface area contributed by atoms with Crippen molar-refractivity contribution in [1.82, 2.24) is 9.71 Å². The summed E-state index contributed by atoms with van der Waals surface area (Å²) < 4.78 is 27.2. The molecular weight excluding hydrogens is 298 g/mol. The summed E-state index contributed by atoms with van der Waals surface area (Å²) in [6, 6.07) is 1.41. The molecule has 5 nitrogen and oxygen atoms in total. The van der Waals surface area contributed by atoms with Gasteiger partial charge >= 0.3 is 0 Å². The number of hydrogen-bond donors (Lipinski definition) is 2. The molecular formula is C13H20ClN3O2S. The normalized spacial score (nSPS) is 17.2. The van der Waals surface area contributed by atoms with Gasteiger partial charge < -0.3 is 5.32 Å². The molecule has 0 aromatic carbocycles. The fraction of sp³-hybridized carbons (Fsp3) is 0.615. The van der Waals surface area contributed by atoms with Crippen molar-refractivity contribution in [1.29, 1.82) is 0 Å². The zero-order chi connectivity index (χ0) is 15.0. The van der Waals surface area contributed by atoms with Gasteiger partial charge in [-0.2, -0.15) is 0 Å². The van der Waals surface area contributed by atoms with Crippen LogP contribution in [0.2, 0.25) is 5.02 Å². The highest BCUT2D eigenvalue weighted by atomic mass is 35.5. The number of nitrogens with one attached hydrogen (secondary N) is 2. The Kier molecular flexibility index (Phi) is 4.27. The molecule has 1 heterocycles. The van der Waals surface area contributed by atoms with E-state index in [9.17, 15) is 8.42 Å². The minimum Gasteiger partial charge on any atom is -0.372 e. The molecule has 2 rings (SSSR count). The zero-order valence-corrected chi connectivity index (χ0v) is 13.5. The quantitative estimate of drug-likeness (QED) is 0.845. The fourth-order valence-corrected chi connectivity index (χ4v) is 3.63. The SMILES string of the molecule is CNc1ncc(S(=O)(=O)NCC2(C(C)C)CC2)cc1Cl. The van der Waals surface area contributed by atoms with Crippen molar-refractivity contribution in [3.8, 4) is 0 Å². The lowest BCUT2D eigenvalue weighted by Gasteiger charge is -2.20. The van der Waals surface area contributed by atoms with E-state index < -0.39 is 10.0 Å². The molecule has 1 aromatic rings. The molecule has 0 saturated heterocycles. The van der Waals surface area contributed by atoms with E-state index in [0.29, 0.717) is 23.3 Å². The standard InChI is InChI=1S/C13H20ClN3O2S/c1-9(2)13(4-5-13)8-17-20(18,19)10-6-11(14)12(15-3)16-7-10/h6-7,9,17H,4-5,8H2,1-3H3,(H,15,16). The van der Waals surface area contributed by atoms with Gasteiger partial charge in [-0.15, -0.1) is 0 Å². The lowest BCUT2D eigenvalue weighted by Crippen LogP contribution is -2.32. The van der Waals surface area contributed by atoms with E-state index in [2.05, 4.69) is 28.9 Å². The van der Waals surface area contributed by atoms with E-state index in [0.717, 1.165) is 12.8 Å². The maximum Gasteiger partial charge on any atom is 0.242 e. The number of nitrogens with zero attached hydrogens (tertiary/aromatic N) is 1. The van der Waals surface area contributed by atoms with Crippen molar-refractivity contribution < 1.29 is 8.42 Å². The van der Waals surface area contributed by atoms with Gasteiger partial charge in [0.15, 0.2) is 0 Å². The molecule has 2 N–H and O–H groups in total. The molecule has 0 amide bonds. The summed E-state index contributed by atoms with van der Waals surface area (Å²) in [5.74, 6) is 0.935. The highest BCUT2D eigenvalue weighted by Gasteiger charge is 2.45. The van der Waals surface area contributed by atoms with Crippen molar-refractivity contribution in [3.05, 3.63) is 17.3 Å². The van der Waals surface area contributed by atoms with Gasteiger partial charge in [0.1, 0.15) is 10.7 Å². The predicted molar refractivity (Wildman–Crippen MR) is 80.5 cm³/mol. The summed E-state index contributed by atoms with van der Waals surface area (Å²) in [5.41, 5.74) is 0.120. The molecule has 1 fully saturated rings. The van der Waals surface area contributed by atoms with Gasteiger partial charge in [-0.25, -0.2) is 18.1 Å². The first-order chi connectivity index (χ1) is 9.31. The largest absolute Gasteiger partial charge is 0.372 e. The lowest BCUT2D eigenvalue weighted by atomic mass is 9.93. The number of aromatic nitrogens is 1. The lowest BCUT2D eigenvalue weighted by molar-refractivity contribution is 0.357. The third kappa shape index (κ3) is 3.07. The molecule has 0 radical (unpaired) electrons. The van der Waals surface area contributed by atoms with Crippen LogP contribution < -0.4 is 10.0 Å². The first-order valence-electron chi connectivity index (χ1n) is 6.64. The number of sulfonamides is 1. The van der Waals surface area contributed by atoms with E-state index in [1.165, 1.54) is 12.3 Å². The van der Waals surface area contributed by atoms with Gasteiger partial charge in [0, 0.05) is 19.8 Å². The second-order valence-electron chi connectivity index (χ2n) is 5.59. The van der Waals surface area contributed by atoms with Crippen molar-refractivity contribution >= 4 is 27.4 Å². The Morgan fingerprint density at radius 3 is 2.55 bits per heavy atom. The molecule has 1 aliphatic rings. The van der Waals surface area contributed by atoms with Gasteiger partial charge in [0.25, 0.3) is 0 Å². The fourth-order valence-electron chi connectivity index (χ4n) is 2.19. The van der Waals surface area contributed by atoms with Gasteiger partial charge in [-0.3, -0.25) is 0 Å². The van der Waals surface area contributed by atoms with Crippen LogP contribution in [0, 0.1) is 11.3 Å². The van der Waals surface area contributed by atoms with Crippen LogP contribution in [0.4, 0.5) is 5.82 Å². The van der Waals surface area contributed by atoms with E-state index in [1.54, 1.807) is 7.05 Å². The van der Waals surface area contributed by atoms with Crippen LogP contribution in [-0.2, 0) is 10.0 Å². The van der Waals surface area contributed by atoms with E-state index >= 15 is 0 Å². The molecule has 0 bridgehead atoms. The average Bonchev–Trinajstić information content (AvgIpc) is 3.17. The van der Waals surface area contributed by atoms with E-state index in [1.807, 2.05) is 0 Å². The zero-order valence-electron chi connectivity index (χ0n) is 11.9. The number of pyridine rings is 1. The summed E-state index contributed by atoms with van der Waals surface area (Å²) in [5, 5.41) is 3.09. The maximum atomic E-state index is 12.3. The average molecular weight is 318 g/mol. The first-order valence-corrected chi connectivity index (χ1v) is 8.50. The van der Waals surface area contributed by atoms with Crippen LogP contribution in [-0.4, -0.2) is 27.0 Å². The molecule has 1 aromatic heterocycles. The highest BCUT2D eigenvalue weighted by molar-refractivity contribution is 7.89. The van der Waals surface area contributed by atoms with Crippen molar-refractivity contribution in [2.45, 2.75) is 31.6 Å². The summed E-state index contributed by atoms with van der Waals surface area (Å²) in [7, 11) is -1.88. The van der Waals surface area contributed by atoms with Crippen LogP contribution in [0.25, 0.3) is 0 Å². The number of halogens is 1. The van der Waals surface area contributed by atoms with E-state index in [4.69, 9.17) is 11.6 Å². The molecule has 1 aliphatic carbocycles. The van der Waals surface area contributed by atoms with Gasteiger partial charge in [-0.05, 0) is 30.2 Å². The molecule has 1 saturated carbocycles. The smallest absolute Gasteiger partial charge is 0.242 e. The second kappa shape index (κ2) is 5.50. The van der Waals surface area contributed by atoms with Crippen molar-refractivity contribution in [2.24, 2.45) is 11.3 Å². The molecule has 0 unspecified atom stereocenters. The van der Waals surface area contributed by atoms with E-state index in [-0.39, 0.29) is 10.3 Å². The molecule has 0 spiro atoms. The van der Waals surface area contributed by atoms with Gasteiger partial charge in [0.05, 0.1) is 5.02 Å². The molecule has 0 aliphatic heterocycles. The Labute approximate surface area is 125 Å². The summed E-state index contributed by atoms with van der Waals surface area (Å²) in [6.45, 7) is 4.72. The molecule has 7 heteroatoms. The maximum absolute atomic E-state index is 12.3. The van der Waals surface area contributed by atoms with Crippen LogP contribution in [0.3, 0.4) is 0 Å². The van der Waals surface area contributed by atoms with Gasteiger partial charge in [0.2, 0.25) is 10.0 Å². The summed E-state index contributed by atoms with van der Waals surface area (Å²) in [4.78, 5) is 4.09. The Hall–Kier alpha value is -0.850.